The minimum absolute atomic E-state index is 0.198. The highest BCUT2D eigenvalue weighted by Crippen LogP contribution is 2.33. The van der Waals surface area contributed by atoms with Crippen molar-refractivity contribution in [2.75, 3.05) is 0 Å². The summed E-state index contributed by atoms with van der Waals surface area (Å²) in [5.41, 5.74) is 1.89. The van der Waals surface area contributed by atoms with Crippen LogP contribution in [-0.4, -0.2) is 24.3 Å². The van der Waals surface area contributed by atoms with Crippen LogP contribution in [0.2, 0.25) is 0 Å². The molecule has 0 fully saturated rings. The normalized spacial score (nSPS) is 14.8. The van der Waals surface area contributed by atoms with Gasteiger partial charge in [0.1, 0.15) is 6.04 Å². The Hall–Kier alpha value is -1.69. The number of fused-ring (bicyclic) bond motifs is 1. The number of carbonyl (C=O) groups is 3. The lowest BCUT2D eigenvalue weighted by Crippen LogP contribution is -2.46. The average Bonchev–Trinajstić information content (AvgIpc) is 2.82. The summed E-state index contributed by atoms with van der Waals surface area (Å²) >= 11 is 1.69. The first-order chi connectivity index (χ1) is 10.6. The van der Waals surface area contributed by atoms with Crippen LogP contribution in [0.25, 0.3) is 0 Å². The fraction of sp³-hybridized carbons (Fsp3) is 0.562. The molecular formula is C16H22N2O3S. The molecule has 1 aromatic heterocycles. The van der Waals surface area contributed by atoms with Gasteiger partial charge in [-0.3, -0.25) is 19.7 Å². The van der Waals surface area contributed by atoms with Crippen molar-refractivity contribution in [1.82, 2.24) is 10.6 Å². The van der Waals surface area contributed by atoms with Crippen molar-refractivity contribution in [3.8, 4) is 0 Å². The van der Waals surface area contributed by atoms with Crippen molar-refractivity contribution in [2.45, 2.75) is 58.4 Å². The highest BCUT2D eigenvalue weighted by atomic mass is 32.1. The van der Waals surface area contributed by atoms with E-state index in [4.69, 9.17) is 0 Å². The molecule has 0 saturated carbocycles. The Morgan fingerprint density at radius 3 is 2.73 bits per heavy atom. The van der Waals surface area contributed by atoms with E-state index in [1.165, 1.54) is 11.3 Å². The van der Waals surface area contributed by atoms with Gasteiger partial charge in [-0.2, -0.15) is 0 Å². The fourth-order valence-corrected chi connectivity index (χ4v) is 4.21. The number of aryl methyl sites for hydroxylation is 2. The maximum atomic E-state index is 12.6. The highest BCUT2D eigenvalue weighted by Gasteiger charge is 2.26. The molecule has 1 aliphatic carbocycles. The minimum Gasteiger partial charge on any atom is -0.340 e. The first-order valence-electron chi connectivity index (χ1n) is 7.74. The Balaban J connectivity index is 2.18. The zero-order chi connectivity index (χ0) is 16.1. The van der Waals surface area contributed by atoms with Crippen LogP contribution in [-0.2, 0) is 22.4 Å². The van der Waals surface area contributed by atoms with E-state index < -0.39 is 11.9 Å². The van der Waals surface area contributed by atoms with E-state index in [1.807, 2.05) is 13.8 Å². The third kappa shape index (κ3) is 3.55. The van der Waals surface area contributed by atoms with Gasteiger partial charge < -0.3 is 5.32 Å². The van der Waals surface area contributed by atoms with Crippen LogP contribution >= 0.6 is 11.3 Å². The molecule has 6 heteroatoms. The smallest absolute Gasteiger partial charge is 0.253 e. The molecule has 1 aliphatic rings. The van der Waals surface area contributed by atoms with E-state index >= 15 is 0 Å². The number of thiophene rings is 1. The lowest BCUT2D eigenvalue weighted by molar-refractivity contribution is -0.126. The first-order valence-corrected chi connectivity index (χ1v) is 8.56. The van der Waals surface area contributed by atoms with E-state index in [0.717, 1.165) is 41.7 Å². The van der Waals surface area contributed by atoms with Gasteiger partial charge in [-0.1, -0.05) is 13.3 Å². The predicted octanol–water partition coefficient (Wildman–Crippen LogP) is 2.11. The second-order valence-electron chi connectivity index (χ2n) is 5.58. The maximum Gasteiger partial charge on any atom is 0.253 e. The summed E-state index contributed by atoms with van der Waals surface area (Å²) < 4.78 is 0. The van der Waals surface area contributed by atoms with Gasteiger partial charge in [0.05, 0.1) is 5.56 Å². The van der Waals surface area contributed by atoms with Gasteiger partial charge in [0.2, 0.25) is 12.3 Å². The van der Waals surface area contributed by atoms with Crippen molar-refractivity contribution in [3.05, 3.63) is 20.9 Å². The molecule has 5 nitrogen and oxygen atoms in total. The van der Waals surface area contributed by atoms with Crippen molar-refractivity contribution >= 4 is 29.6 Å². The van der Waals surface area contributed by atoms with Crippen LogP contribution in [0.5, 0.6) is 0 Å². The molecule has 22 heavy (non-hydrogen) atoms. The largest absolute Gasteiger partial charge is 0.340 e. The second-order valence-corrected chi connectivity index (χ2v) is 6.89. The third-order valence-corrected chi connectivity index (χ3v) is 5.18. The monoisotopic (exact) mass is 322 g/mol. The number of amides is 3. The number of nitrogens with one attached hydrogen (secondary N) is 2. The van der Waals surface area contributed by atoms with Crippen LogP contribution in [0.15, 0.2) is 0 Å². The van der Waals surface area contributed by atoms with Crippen LogP contribution in [0.1, 0.15) is 58.3 Å². The molecule has 0 radical (unpaired) electrons. The Kier molecular flexibility index (Phi) is 5.71. The topological polar surface area (TPSA) is 75.3 Å². The summed E-state index contributed by atoms with van der Waals surface area (Å²) in [7, 11) is 0. The minimum atomic E-state index is -0.666. The summed E-state index contributed by atoms with van der Waals surface area (Å²) in [6.45, 7) is 3.89. The predicted molar refractivity (Wildman–Crippen MR) is 86.1 cm³/mol. The van der Waals surface area contributed by atoms with Crippen LogP contribution in [0.3, 0.4) is 0 Å². The second kappa shape index (κ2) is 7.54. The molecule has 0 aromatic carbocycles. The molecule has 120 valence electrons. The number of hydrogen-bond donors (Lipinski definition) is 2. The molecule has 1 unspecified atom stereocenters. The molecule has 3 amide bonds. The molecule has 2 N–H and O–H groups in total. The Morgan fingerprint density at radius 2 is 2.05 bits per heavy atom. The maximum absolute atomic E-state index is 12.6. The summed E-state index contributed by atoms with van der Waals surface area (Å²) in [6, 6.07) is -0.666. The Labute approximate surface area is 134 Å². The summed E-state index contributed by atoms with van der Waals surface area (Å²) in [5, 5.41) is 4.92. The summed E-state index contributed by atoms with van der Waals surface area (Å²) in [5.74, 6) is -0.650. The van der Waals surface area contributed by atoms with E-state index in [1.54, 1.807) is 11.3 Å². The molecular weight excluding hydrogens is 300 g/mol. The van der Waals surface area contributed by atoms with Gasteiger partial charge in [-0.25, -0.2) is 0 Å². The van der Waals surface area contributed by atoms with Crippen molar-refractivity contribution < 1.29 is 14.4 Å². The zero-order valence-electron chi connectivity index (χ0n) is 13.0. The summed E-state index contributed by atoms with van der Waals surface area (Å²) in [4.78, 5) is 37.2. The molecule has 0 aliphatic heterocycles. The van der Waals surface area contributed by atoms with E-state index in [9.17, 15) is 14.4 Å². The van der Waals surface area contributed by atoms with E-state index in [-0.39, 0.29) is 5.91 Å². The van der Waals surface area contributed by atoms with Crippen molar-refractivity contribution in [1.29, 1.82) is 0 Å². The molecule has 1 aromatic rings. The van der Waals surface area contributed by atoms with E-state index in [2.05, 4.69) is 10.6 Å². The molecule has 0 bridgehead atoms. The lowest BCUT2D eigenvalue weighted by Gasteiger charge is -2.18. The van der Waals surface area contributed by atoms with Crippen molar-refractivity contribution in [2.24, 2.45) is 0 Å². The number of hydrogen-bond acceptors (Lipinski definition) is 4. The molecule has 0 saturated heterocycles. The fourth-order valence-electron chi connectivity index (χ4n) is 2.95. The molecule has 2 rings (SSSR count). The summed E-state index contributed by atoms with van der Waals surface area (Å²) in [6.07, 6.45) is 5.87. The first kappa shape index (κ1) is 16.7. The van der Waals surface area contributed by atoms with Crippen LogP contribution in [0.4, 0.5) is 0 Å². The standard InChI is InChI=1S/C16H22N2O3S/c1-3-6-12(15(20)17-9-19)18-16(21)14-10(2)22-13-8-5-4-7-11(13)14/h9,12H,3-8H2,1-2H3,(H,18,21)(H,17,19,20). The van der Waals surface area contributed by atoms with Gasteiger partial charge in [0.25, 0.3) is 5.91 Å². The van der Waals surface area contributed by atoms with Crippen LogP contribution in [0, 0.1) is 6.92 Å². The number of imide groups is 1. The quantitative estimate of drug-likeness (QED) is 0.788. The average molecular weight is 322 g/mol. The number of carbonyl (C=O) groups excluding carboxylic acids is 3. The van der Waals surface area contributed by atoms with Gasteiger partial charge >= 0.3 is 0 Å². The van der Waals surface area contributed by atoms with E-state index in [0.29, 0.717) is 12.8 Å². The molecule has 0 spiro atoms. The SMILES string of the molecule is CCCC(NC(=O)c1c(C)sc2c1CCCC2)C(=O)NC=O. The molecule has 1 heterocycles. The highest BCUT2D eigenvalue weighted by molar-refractivity contribution is 7.12. The molecule has 1 atom stereocenters. The van der Waals surface area contributed by atoms with Gasteiger partial charge in [0.15, 0.2) is 0 Å². The third-order valence-electron chi connectivity index (χ3n) is 3.97. The Bertz CT molecular complexity index is 580. The lowest BCUT2D eigenvalue weighted by atomic mass is 9.94. The zero-order valence-corrected chi connectivity index (χ0v) is 13.8. The van der Waals surface area contributed by atoms with Gasteiger partial charge in [-0.05, 0) is 44.6 Å². The Morgan fingerprint density at radius 1 is 1.32 bits per heavy atom. The van der Waals surface area contributed by atoms with Crippen molar-refractivity contribution in [3.63, 3.8) is 0 Å². The van der Waals surface area contributed by atoms with Crippen LogP contribution < -0.4 is 10.6 Å². The van der Waals surface area contributed by atoms with Gasteiger partial charge in [0, 0.05) is 9.75 Å². The van der Waals surface area contributed by atoms with Gasteiger partial charge in [-0.15, -0.1) is 11.3 Å². The number of rotatable bonds is 6.